The predicted molar refractivity (Wildman–Crippen MR) is 72.0 cm³/mol. The molecule has 1 aliphatic carbocycles. The first kappa shape index (κ1) is 13.6. The minimum atomic E-state index is 0.0839. The number of rotatable bonds is 7. The summed E-state index contributed by atoms with van der Waals surface area (Å²) in [5.41, 5.74) is 0. The highest BCUT2D eigenvalue weighted by Crippen LogP contribution is 2.28. The lowest BCUT2D eigenvalue weighted by Crippen LogP contribution is -2.30. The van der Waals surface area contributed by atoms with Crippen molar-refractivity contribution in [2.45, 2.75) is 32.8 Å². The maximum atomic E-state index is 11.4. The van der Waals surface area contributed by atoms with Gasteiger partial charge in [0.1, 0.15) is 0 Å². The Morgan fingerprint density at radius 2 is 2.26 bits per heavy atom. The zero-order chi connectivity index (χ0) is 13.7. The summed E-state index contributed by atoms with van der Waals surface area (Å²) < 4.78 is 5.48. The van der Waals surface area contributed by atoms with E-state index < -0.39 is 0 Å². The molecule has 0 aliphatic heterocycles. The zero-order valence-corrected chi connectivity index (χ0v) is 11.3. The number of hydrogen-bond donors (Lipinski definition) is 2. The molecule has 1 aromatic heterocycles. The molecule has 1 amide bonds. The highest BCUT2D eigenvalue weighted by atomic mass is 16.5. The molecule has 0 aromatic carbocycles. The quantitative estimate of drug-likeness (QED) is 0.724. The number of amides is 1. The van der Waals surface area contributed by atoms with Crippen molar-refractivity contribution < 1.29 is 9.53 Å². The van der Waals surface area contributed by atoms with E-state index in [1.165, 1.54) is 0 Å². The van der Waals surface area contributed by atoms with Crippen LogP contribution in [0.25, 0.3) is 0 Å². The number of ether oxygens (including phenoxy) is 1. The molecule has 1 saturated carbocycles. The number of nitrogens with zero attached hydrogens (tertiary/aromatic N) is 2. The largest absolute Gasteiger partial charge is 0.475 e. The van der Waals surface area contributed by atoms with Crippen molar-refractivity contribution in [3.05, 3.63) is 12.3 Å². The third-order valence-electron chi connectivity index (χ3n) is 2.64. The zero-order valence-electron chi connectivity index (χ0n) is 11.3. The molecule has 0 radical (unpaired) electrons. The Morgan fingerprint density at radius 3 is 2.95 bits per heavy atom. The van der Waals surface area contributed by atoms with Crippen LogP contribution in [0.4, 0.5) is 5.95 Å². The number of carbonyl (C=O) groups is 1. The van der Waals surface area contributed by atoms with Gasteiger partial charge in [-0.05, 0) is 26.7 Å². The van der Waals surface area contributed by atoms with Crippen LogP contribution in [0.1, 0.15) is 26.7 Å². The fraction of sp³-hybridized carbons (Fsp3) is 0.615. The molecule has 0 spiro atoms. The number of aromatic nitrogens is 2. The molecule has 0 atom stereocenters. The molecule has 6 nitrogen and oxygen atoms in total. The molecule has 0 saturated heterocycles. The summed E-state index contributed by atoms with van der Waals surface area (Å²) in [6.45, 7) is 5.07. The minimum Gasteiger partial charge on any atom is -0.475 e. The highest BCUT2D eigenvalue weighted by molar-refractivity contribution is 5.80. The van der Waals surface area contributed by atoms with Crippen molar-refractivity contribution in [1.82, 2.24) is 15.3 Å². The summed E-state index contributed by atoms with van der Waals surface area (Å²) in [4.78, 5) is 19.7. The Balaban J connectivity index is 1.71. The van der Waals surface area contributed by atoms with Gasteiger partial charge in [0.15, 0.2) is 0 Å². The van der Waals surface area contributed by atoms with Crippen molar-refractivity contribution in [3.8, 4) is 5.88 Å². The van der Waals surface area contributed by atoms with E-state index in [0.717, 1.165) is 12.8 Å². The van der Waals surface area contributed by atoms with Gasteiger partial charge in [0.2, 0.25) is 17.7 Å². The molecule has 1 fully saturated rings. The van der Waals surface area contributed by atoms with Crippen LogP contribution in [-0.4, -0.2) is 35.1 Å². The monoisotopic (exact) mass is 264 g/mol. The lowest BCUT2D eigenvalue weighted by Gasteiger charge is -2.10. The highest BCUT2D eigenvalue weighted by Gasteiger charge is 2.28. The number of nitrogens with one attached hydrogen (secondary N) is 2. The van der Waals surface area contributed by atoms with Gasteiger partial charge in [-0.1, -0.05) is 0 Å². The second kappa shape index (κ2) is 6.36. The van der Waals surface area contributed by atoms with Gasteiger partial charge < -0.3 is 15.4 Å². The fourth-order valence-corrected chi connectivity index (χ4v) is 1.58. The van der Waals surface area contributed by atoms with Crippen molar-refractivity contribution in [3.63, 3.8) is 0 Å². The van der Waals surface area contributed by atoms with Crippen molar-refractivity contribution >= 4 is 11.9 Å². The number of carbonyl (C=O) groups excluding carboxylic acids is 1. The molecule has 2 rings (SSSR count). The molecule has 1 heterocycles. The predicted octanol–water partition coefficient (Wildman–Crippen LogP) is 1.20. The molecule has 0 unspecified atom stereocenters. The van der Waals surface area contributed by atoms with Gasteiger partial charge in [0.05, 0.1) is 6.10 Å². The Kier molecular flexibility index (Phi) is 4.54. The van der Waals surface area contributed by atoms with Crippen LogP contribution in [0.3, 0.4) is 0 Å². The van der Waals surface area contributed by atoms with Crippen LogP contribution in [0.2, 0.25) is 0 Å². The Bertz CT molecular complexity index is 432. The Labute approximate surface area is 113 Å². The molecular weight excluding hydrogens is 244 g/mol. The maximum Gasteiger partial charge on any atom is 0.226 e. The first-order valence-corrected chi connectivity index (χ1v) is 6.66. The molecule has 1 aromatic rings. The molecule has 0 bridgehead atoms. The summed E-state index contributed by atoms with van der Waals surface area (Å²) in [7, 11) is 0. The third-order valence-corrected chi connectivity index (χ3v) is 2.64. The summed E-state index contributed by atoms with van der Waals surface area (Å²) in [5.74, 6) is 1.46. The van der Waals surface area contributed by atoms with Gasteiger partial charge in [-0.15, -0.1) is 0 Å². The van der Waals surface area contributed by atoms with Gasteiger partial charge in [-0.25, -0.2) is 4.98 Å². The minimum absolute atomic E-state index is 0.0839. The Morgan fingerprint density at radius 1 is 1.47 bits per heavy atom. The molecule has 2 N–H and O–H groups in total. The van der Waals surface area contributed by atoms with E-state index in [4.69, 9.17) is 4.74 Å². The van der Waals surface area contributed by atoms with E-state index in [-0.39, 0.29) is 17.9 Å². The van der Waals surface area contributed by atoms with E-state index in [2.05, 4.69) is 20.6 Å². The van der Waals surface area contributed by atoms with Crippen molar-refractivity contribution in [1.29, 1.82) is 0 Å². The molecule has 19 heavy (non-hydrogen) atoms. The number of hydrogen-bond acceptors (Lipinski definition) is 5. The normalized spacial score (nSPS) is 14.3. The number of anilines is 1. The van der Waals surface area contributed by atoms with Crippen LogP contribution in [0.5, 0.6) is 5.88 Å². The van der Waals surface area contributed by atoms with Gasteiger partial charge >= 0.3 is 0 Å². The van der Waals surface area contributed by atoms with E-state index in [1.54, 1.807) is 12.3 Å². The molecule has 104 valence electrons. The second-order valence-corrected chi connectivity index (χ2v) is 4.88. The topological polar surface area (TPSA) is 76.1 Å². The average Bonchev–Trinajstić information content (AvgIpc) is 3.18. The summed E-state index contributed by atoms with van der Waals surface area (Å²) >= 11 is 0. The van der Waals surface area contributed by atoms with Crippen LogP contribution in [0.15, 0.2) is 12.3 Å². The SMILES string of the molecule is CC(C)Oc1ccnc(NCCNC(=O)C2CC2)n1. The van der Waals surface area contributed by atoms with Gasteiger partial charge in [0, 0.05) is 31.3 Å². The first-order chi connectivity index (χ1) is 9.15. The fourth-order valence-electron chi connectivity index (χ4n) is 1.58. The van der Waals surface area contributed by atoms with Gasteiger partial charge in [-0.2, -0.15) is 4.98 Å². The van der Waals surface area contributed by atoms with Crippen LogP contribution >= 0.6 is 0 Å². The van der Waals surface area contributed by atoms with Crippen molar-refractivity contribution in [2.24, 2.45) is 5.92 Å². The second-order valence-electron chi connectivity index (χ2n) is 4.88. The van der Waals surface area contributed by atoms with E-state index in [9.17, 15) is 4.79 Å². The van der Waals surface area contributed by atoms with Gasteiger partial charge in [0.25, 0.3) is 0 Å². The van der Waals surface area contributed by atoms with Crippen LogP contribution < -0.4 is 15.4 Å². The maximum absolute atomic E-state index is 11.4. The lowest BCUT2D eigenvalue weighted by atomic mass is 10.4. The van der Waals surface area contributed by atoms with E-state index >= 15 is 0 Å². The molecular formula is C13H20N4O2. The third kappa shape index (κ3) is 4.73. The first-order valence-electron chi connectivity index (χ1n) is 6.66. The molecule has 6 heteroatoms. The van der Waals surface area contributed by atoms with Gasteiger partial charge in [-0.3, -0.25) is 4.79 Å². The van der Waals surface area contributed by atoms with Crippen LogP contribution in [0, 0.1) is 5.92 Å². The average molecular weight is 264 g/mol. The lowest BCUT2D eigenvalue weighted by molar-refractivity contribution is -0.122. The van der Waals surface area contributed by atoms with Crippen molar-refractivity contribution in [2.75, 3.05) is 18.4 Å². The van der Waals surface area contributed by atoms with E-state index in [0.29, 0.717) is 24.9 Å². The van der Waals surface area contributed by atoms with E-state index in [1.807, 2.05) is 13.8 Å². The van der Waals surface area contributed by atoms with Crippen LogP contribution in [-0.2, 0) is 4.79 Å². The summed E-state index contributed by atoms with van der Waals surface area (Å²) in [6, 6.07) is 1.72. The summed E-state index contributed by atoms with van der Waals surface area (Å²) in [5, 5.41) is 5.93. The molecule has 1 aliphatic rings. The smallest absolute Gasteiger partial charge is 0.226 e. The standard InChI is InChI=1S/C13H20N4O2/c1-9(2)19-11-5-6-15-13(17-11)16-8-7-14-12(18)10-3-4-10/h5-6,9-10H,3-4,7-8H2,1-2H3,(H,14,18)(H,15,16,17). The summed E-state index contributed by atoms with van der Waals surface area (Å²) in [6.07, 6.45) is 3.78. The Hall–Kier alpha value is -1.85.